The first-order valence-corrected chi connectivity index (χ1v) is 7.49. The highest BCUT2D eigenvalue weighted by Gasteiger charge is 2.09. The van der Waals surface area contributed by atoms with Gasteiger partial charge >= 0.3 is 0 Å². The van der Waals surface area contributed by atoms with Crippen LogP contribution in [-0.4, -0.2) is 0 Å². The molecule has 2 heteroatoms. The third-order valence-electron chi connectivity index (χ3n) is 4.07. The molecular formula is C18H22N2. The van der Waals surface area contributed by atoms with Gasteiger partial charge < -0.3 is 11.1 Å². The van der Waals surface area contributed by atoms with Crippen molar-refractivity contribution in [1.82, 2.24) is 0 Å². The zero-order valence-corrected chi connectivity index (χ0v) is 11.9. The van der Waals surface area contributed by atoms with Crippen LogP contribution in [0, 0.1) is 0 Å². The van der Waals surface area contributed by atoms with E-state index in [9.17, 15) is 0 Å². The van der Waals surface area contributed by atoms with Crippen molar-refractivity contribution in [3.8, 4) is 0 Å². The molecule has 0 bridgehead atoms. The Bertz CT molecular complexity index is 590. The fourth-order valence-corrected chi connectivity index (χ4v) is 2.91. The van der Waals surface area contributed by atoms with Gasteiger partial charge in [-0.1, -0.05) is 30.3 Å². The van der Waals surface area contributed by atoms with E-state index in [1.54, 1.807) is 0 Å². The third kappa shape index (κ3) is 3.02. The van der Waals surface area contributed by atoms with Crippen molar-refractivity contribution >= 4 is 5.69 Å². The summed E-state index contributed by atoms with van der Waals surface area (Å²) in [5.41, 5.74) is 12.4. The molecule has 0 amide bonds. The first-order chi connectivity index (χ1) is 9.85. The molecule has 3 rings (SSSR count). The summed E-state index contributed by atoms with van der Waals surface area (Å²) in [6.45, 7) is 1.46. The lowest BCUT2D eigenvalue weighted by atomic mass is 9.91. The summed E-state index contributed by atoms with van der Waals surface area (Å²) >= 11 is 0. The molecule has 0 unspecified atom stereocenters. The Kier molecular flexibility index (Phi) is 4.03. The number of nitrogens with one attached hydrogen (secondary N) is 1. The number of anilines is 1. The van der Waals surface area contributed by atoms with E-state index in [4.69, 9.17) is 5.73 Å². The summed E-state index contributed by atoms with van der Waals surface area (Å²) < 4.78 is 0. The van der Waals surface area contributed by atoms with Gasteiger partial charge in [0.05, 0.1) is 0 Å². The van der Waals surface area contributed by atoms with Crippen molar-refractivity contribution in [3.63, 3.8) is 0 Å². The third-order valence-corrected chi connectivity index (χ3v) is 4.07. The molecule has 0 heterocycles. The Morgan fingerprint density at radius 3 is 2.55 bits per heavy atom. The summed E-state index contributed by atoms with van der Waals surface area (Å²) in [7, 11) is 0. The molecule has 0 aliphatic heterocycles. The van der Waals surface area contributed by atoms with Crippen LogP contribution in [0.4, 0.5) is 5.69 Å². The molecule has 0 saturated carbocycles. The second-order valence-corrected chi connectivity index (χ2v) is 5.57. The molecule has 2 aromatic rings. The molecule has 1 aliphatic carbocycles. The molecule has 0 saturated heterocycles. The summed E-state index contributed by atoms with van der Waals surface area (Å²) in [6, 6.07) is 15.3. The Morgan fingerprint density at radius 1 is 0.900 bits per heavy atom. The number of fused-ring (bicyclic) bond motifs is 1. The van der Waals surface area contributed by atoms with Crippen LogP contribution in [-0.2, 0) is 25.9 Å². The Balaban J connectivity index is 1.68. The Hall–Kier alpha value is -1.80. The zero-order chi connectivity index (χ0) is 13.8. The lowest BCUT2D eigenvalue weighted by Crippen LogP contribution is -2.05. The van der Waals surface area contributed by atoms with Crippen molar-refractivity contribution in [2.45, 2.75) is 38.8 Å². The maximum Gasteiger partial charge on any atom is 0.0400 e. The normalized spacial score (nSPS) is 13.8. The zero-order valence-electron chi connectivity index (χ0n) is 11.9. The average Bonchev–Trinajstić information content (AvgIpc) is 2.53. The van der Waals surface area contributed by atoms with Crippen LogP contribution in [0.25, 0.3) is 0 Å². The quantitative estimate of drug-likeness (QED) is 0.886. The van der Waals surface area contributed by atoms with Gasteiger partial charge in [-0.15, -0.1) is 0 Å². The largest absolute Gasteiger partial charge is 0.381 e. The second-order valence-electron chi connectivity index (χ2n) is 5.57. The summed E-state index contributed by atoms with van der Waals surface area (Å²) in [6.07, 6.45) is 5.14. The van der Waals surface area contributed by atoms with Crippen LogP contribution in [0.5, 0.6) is 0 Å². The van der Waals surface area contributed by atoms with Gasteiger partial charge in [0.1, 0.15) is 0 Å². The standard InChI is InChI=1S/C18H22N2/c19-12-14-4-3-5-15(10-14)13-20-18-9-8-16-6-1-2-7-17(16)11-18/h3-5,8-11,20H,1-2,6-7,12-13,19H2. The summed E-state index contributed by atoms with van der Waals surface area (Å²) in [5, 5.41) is 3.52. The lowest BCUT2D eigenvalue weighted by Gasteiger charge is -2.17. The lowest BCUT2D eigenvalue weighted by molar-refractivity contribution is 0.686. The molecule has 3 N–H and O–H groups in total. The SMILES string of the molecule is NCc1cccc(CNc2ccc3c(c2)CCCC3)c1. The van der Waals surface area contributed by atoms with Gasteiger partial charge in [-0.25, -0.2) is 0 Å². The van der Waals surface area contributed by atoms with Crippen LogP contribution in [0.3, 0.4) is 0 Å². The first kappa shape index (κ1) is 13.2. The first-order valence-electron chi connectivity index (χ1n) is 7.49. The molecule has 0 fully saturated rings. The molecule has 104 valence electrons. The highest BCUT2D eigenvalue weighted by molar-refractivity contribution is 5.50. The monoisotopic (exact) mass is 266 g/mol. The minimum Gasteiger partial charge on any atom is -0.381 e. The molecular weight excluding hydrogens is 244 g/mol. The maximum absolute atomic E-state index is 5.68. The molecule has 0 spiro atoms. The molecule has 0 atom stereocenters. The predicted octanol–water partition coefficient (Wildman–Crippen LogP) is 3.64. The maximum atomic E-state index is 5.68. The van der Waals surface area contributed by atoms with Crippen LogP contribution < -0.4 is 11.1 Å². The van der Waals surface area contributed by atoms with Gasteiger partial charge in [0, 0.05) is 18.8 Å². The van der Waals surface area contributed by atoms with Gasteiger partial charge in [-0.3, -0.25) is 0 Å². The van der Waals surface area contributed by atoms with Crippen molar-refractivity contribution in [2.75, 3.05) is 5.32 Å². The van der Waals surface area contributed by atoms with E-state index in [1.807, 2.05) is 0 Å². The topological polar surface area (TPSA) is 38.0 Å². The van der Waals surface area contributed by atoms with E-state index in [0.717, 1.165) is 6.54 Å². The number of hydrogen-bond donors (Lipinski definition) is 2. The van der Waals surface area contributed by atoms with E-state index in [2.05, 4.69) is 47.8 Å². The van der Waals surface area contributed by atoms with Gasteiger partial charge in [0.2, 0.25) is 0 Å². The summed E-state index contributed by atoms with van der Waals surface area (Å²) in [5.74, 6) is 0. The number of rotatable bonds is 4. The minimum absolute atomic E-state index is 0.604. The minimum atomic E-state index is 0.604. The Labute approximate surface area is 121 Å². The van der Waals surface area contributed by atoms with E-state index in [-0.39, 0.29) is 0 Å². The van der Waals surface area contributed by atoms with Crippen molar-refractivity contribution in [2.24, 2.45) is 5.73 Å². The van der Waals surface area contributed by atoms with Crippen molar-refractivity contribution in [1.29, 1.82) is 0 Å². The fraction of sp³-hybridized carbons (Fsp3) is 0.333. The van der Waals surface area contributed by atoms with Gasteiger partial charge in [0.25, 0.3) is 0 Å². The highest BCUT2D eigenvalue weighted by Crippen LogP contribution is 2.24. The van der Waals surface area contributed by atoms with E-state index in [1.165, 1.54) is 53.6 Å². The van der Waals surface area contributed by atoms with E-state index < -0.39 is 0 Å². The molecule has 0 radical (unpaired) electrons. The fourth-order valence-electron chi connectivity index (χ4n) is 2.91. The van der Waals surface area contributed by atoms with Crippen LogP contribution in [0.1, 0.15) is 35.1 Å². The van der Waals surface area contributed by atoms with E-state index in [0.29, 0.717) is 6.54 Å². The molecule has 0 aromatic heterocycles. The predicted molar refractivity (Wildman–Crippen MR) is 84.7 cm³/mol. The summed E-state index contributed by atoms with van der Waals surface area (Å²) in [4.78, 5) is 0. The van der Waals surface area contributed by atoms with Crippen molar-refractivity contribution in [3.05, 3.63) is 64.7 Å². The second kappa shape index (κ2) is 6.10. The molecule has 2 aromatic carbocycles. The van der Waals surface area contributed by atoms with Gasteiger partial charge in [0.15, 0.2) is 0 Å². The number of benzene rings is 2. The van der Waals surface area contributed by atoms with Crippen molar-refractivity contribution < 1.29 is 0 Å². The van der Waals surface area contributed by atoms with Crippen LogP contribution >= 0.6 is 0 Å². The average molecular weight is 266 g/mol. The molecule has 1 aliphatic rings. The molecule has 2 nitrogen and oxygen atoms in total. The van der Waals surface area contributed by atoms with Gasteiger partial charge in [-0.05, 0) is 60.1 Å². The van der Waals surface area contributed by atoms with Crippen LogP contribution in [0.2, 0.25) is 0 Å². The Morgan fingerprint density at radius 2 is 1.70 bits per heavy atom. The molecule has 20 heavy (non-hydrogen) atoms. The highest BCUT2D eigenvalue weighted by atomic mass is 14.9. The van der Waals surface area contributed by atoms with E-state index >= 15 is 0 Å². The number of nitrogens with two attached hydrogens (primary N) is 1. The smallest absolute Gasteiger partial charge is 0.0400 e. The van der Waals surface area contributed by atoms with Crippen LogP contribution in [0.15, 0.2) is 42.5 Å². The number of aryl methyl sites for hydroxylation is 2. The number of hydrogen-bond acceptors (Lipinski definition) is 2. The van der Waals surface area contributed by atoms with Gasteiger partial charge in [-0.2, -0.15) is 0 Å².